The van der Waals surface area contributed by atoms with E-state index in [2.05, 4.69) is 0 Å². The molecule has 0 aromatic carbocycles. The maximum Gasteiger partial charge on any atom is 0.316 e. The van der Waals surface area contributed by atoms with Gasteiger partial charge >= 0.3 is 5.97 Å². The fourth-order valence-corrected chi connectivity index (χ4v) is 1.43. The van der Waals surface area contributed by atoms with Gasteiger partial charge in [0.2, 0.25) is 0 Å². The number of rotatable bonds is 4. The van der Waals surface area contributed by atoms with Crippen LogP contribution in [0.25, 0.3) is 0 Å². The second-order valence-electron chi connectivity index (χ2n) is 3.50. The quantitative estimate of drug-likeness (QED) is 0.492. The van der Waals surface area contributed by atoms with Crippen LogP contribution in [0.1, 0.15) is 33.1 Å². The molecule has 0 bridgehead atoms. The number of hydrogen-bond donors (Lipinski definition) is 0. The standard InChI is InChI=1S/C10H16O3/c1-3-13-10(12)7(2)9(11)8-5-4-6-8/h7-8H,3-6H2,1-2H3/t7-/m1/s1. The van der Waals surface area contributed by atoms with Crippen molar-refractivity contribution in [3.05, 3.63) is 0 Å². The van der Waals surface area contributed by atoms with Crippen LogP contribution in [0.2, 0.25) is 0 Å². The van der Waals surface area contributed by atoms with Gasteiger partial charge in [-0.1, -0.05) is 6.42 Å². The summed E-state index contributed by atoms with van der Waals surface area (Å²) in [5.74, 6) is -0.756. The molecule has 0 unspecified atom stereocenters. The van der Waals surface area contributed by atoms with Crippen LogP contribution in [0.15, 0.2) is 0 Å². The summed E-state index contributed by atoms with van der Waals surface area (Å²) >= 11 is 0. The van der Waals surface area contributed by atoms with Crippen molar-refractivity contribution in [2.45, 2.75) is 33.1 Å². The maximum atomic E-state index is 11.5. The van der Waals surface area contributed by atoms with Crippen LogP contribution in [0.4, 0.5) is 0 Å². The van der Waals surface area contributed by atoms with E-state index in [1.807, 2.05) is 0 Å². The predicted molar refractivity (Wildman–Crippen MR) is 48.1 cm³/mol. The summed E-state index contributed by atoms with van der Waals surface area (Å²) in [6, 6.07) is 0. The molecule has 0 N–H and O–H groups in total. The van der Waals surface area contributed by atoms with Gasteiger partial charge in [0.15, 0.2) is 0 Å². The number of ether oxygens (including phenoxy) is 1. The first-order valence-electron chi connectivity index (χ1n) is 4.87. The summed E-state index contributed by atoms with van der Waals surface area (Å²) < 4.78 is 4.78. The zero-order valence-electron chi connectivity index (χ0n) is 8.21. The summed E-state index contributed by atoms with van der Waals surface area (Å²) in [5, 5.41) is 0. The Morgan fingerprint density at radius 1 is 1.46 bits per heavy atom. The normalized spacial score (nSPS) is 18.9. The zero-order chi connectivity index (χ0) is 9.84. The lowest BCUT2D eigenvalue weighted by atomic mass is 9.78. The third-order valence-corrected chi connectivity index (χ3v) is 2.57. The van der Waals surface area contributed by atoms with Crippen molar-refractivity contribution in [2.75, 3.05) is 6.61 Å². The lowest BCUT2D eigenvalue weighted by molar-refractivity contribution is -0.152. The Balaban J connectivity index is 2.40. The first kappa shape index (κ1) is 10.2. The lowest BCUT2D eigenvalue weighted by Gasteiger charge is -2.25. The SMILES string of the molecule is CCOC(=O)[C@H](C)C(=O)C1CCC1. The molecule has 0 radical (unpaired) electrons. The number of esters is 1. The van der Waals surface area contributed by atoms with Crippen molar-refractivity contribution < 1.29 is 14.3 Å². The minimum absolute atomic E-state index is 0.0599. The monoisotopic (exact) mass is 184 g/mol. The molecule has 1 aliphatic rings. The lowest BCUT2D eigenvalue weighted by Crippen LogP contribution is -2.32. The van der Waals surface area contributed by atoms with Gasteiger partial charge in [0.05, 0.1) is 6.61 Å². The molecule has 1 rings (SSSR count). The molecule has 0 aromatic rings. The Morgan fingerprint density at radius 3 is 2.46 bits per heavy atom. The fourth-order valence-electron chi connectivity index (χ4n) is 1.43. The number of hydrogen-bond acceptors (Lipinski definition) is 3. The highest BCUT2D eigenvalue weighted by atomic mass is 16.5. The van der Waals surface area contributed by atoms with Gasteiger partial charge in [-0.3, -0.25) is 9.59 Å². The van der Waals surface area contributed by atoms with Crippen molar-refractivity contribution in [1.82, 2.24) is 0 Å². The van der Waals surface area contributed by atoms with Gasteiger partial charge in [0.25, 0.3) is 0 Å². The van der Waals surface area contributed by atoms with Crippen molar-refractivity contribution in [2.24, 2.45) is 11.8 Å². The first-order chi connectivity index (χ1) is 6.16. The van der Waals surface area contributed by atoms with Crippen LogP contribution in [0, 0.1) is 11.8 Å². The second kappa shape index (κ2) is 4.40. The highest BCUT2D eigenvalue weighted by Gasteiger charge is 2.32. The fraction of sp³-hybridized carbons (Fsp3) is 0.800. The van der Waals surface area contributed by atoms with E-state index < -0.39 is 5.92 Å². The highest BCUT2D eigenvalue weighted by molar-refractivity contribution is 6.00. The summed E-state index contributed by atoms with van der Waals surface area (Å²) in [4.78, 5) is 22.7. The van der Waals surface area contributed by atoms with E-state index in [1.54, 1.807) is 13.8 Å². The maximum absolute atomic E-state index is 11.5. The summed E-state index contributed by atoms with van der Waals surface area (Å²) in [7, 11) is 0. The molecule has 0 spiro atoms. The number of carbonyl (C=O) groups is 2. The van der Waals surface area contributed by atoms with Crippen LogP contribution in [-0.4, -0.2) is 18.4 Å². The van der Waals surface area contributed by atoms with E-state index in [1.165, 1.54) is 0 Å². The van der Waals surface area contributed by atoms with E-state index in [-0.39, 0.29) is 17.7 Å². The smallest absolute Gasteiger partial charge is 0.316 e. The molecule has 1 aliphatic carbocycles. The Hall–Kier alpha value is -0.860. The van der Waals surface area contributed by atoms with E-state index in [0.29, 0.717) is 6.61 Å². The highest BCUT2D eigenvalue weighted by Crippen LogP contribution is 2.29. The molecule has 0 heterocycles. The van der Waals surface area contributed by atoms with Gasteiger partial charge in [-0.05, 0) is 26.7 Å². The molecule has 3 heteroatoms. The third kappa shape index (κ3) is 2.29. The molecular weight excluding hydrogens is 168 g/mol. The average molecular weight is 184 g/mol. The molecule has 0 aliphatic heterocycles. The first-order valence-corrected chi connectivity index (χ1v) is 4.87. The molecule has 74 valence electrons. The second-order valence-corrected chi connectivity index (χ2v) is 3.50. The average Bonchev–Trinajstić information content (AvgIpc) is 2.00. The van der Waals surface area contributed by atoms with Crippen molar-refractivity contribution >= 4 is 11.8 Å². The molecule has 0 saturated heterocycles. The topological polar surface area (TPSA) is 43.4 Å². The van der Waals surface area contributed by atoms with Gasteiger partial charge in [0, 0.05) is 5.92 Å². The van der Waals surface area contributed by atoms with E-state index in [0.717, 1.165) is 19.3 Å². The molecule has 1 fully saturated rings. The van der Waals surface area contributed by atoms with Gasteiger partial charge in [-0.2, -0.15) is 0 Å². The van der Waals surface area contributed by atoms with Crippen LogP contribution in [0.5, 0.6) is 0 Å². The van der Waals surface area contributed by atoms with E-state index in [4.69, 9.17) is 4.74 Å². The Labute approximate surface area is 78.5 Å². The molecule has 1 saturated carbocycles. The molecule has 1 atom stereocenters. The summed E-state index contributed by atoms with van der Waals surface area (Å²) in [6.45, 7) is 3.73. The van der Waals surface area contributed by atoms with Gasteiger partial charge in [-0.25, -0.2) is 0 Å². The molecule has 13 heavy (non-hydrogen) atoms. The largest absolute Gasteiger partial charge is 0.465 e. The predicted octanol–water partition coefficient (Wildman–Crippen LogP) is 1.55. The number of ketones is 1. The summed E-state index contributed by atoms with van der Waals surface area (Å²) in [6.07, 6.45) is 3.01. The number of carbonyl (C=O) groups excluding carboxylic acids is 2. The van der Waals surface area contributed by atoms with Gasteiger partial charge in [-0.15, -0.1) is 0 Å². The molecule has 3 nitrogen and oxygen atoms in total. The summed E-state index contributed by atoms with van der Waals surface area (Å²) in [5.41, 5.74) is 0. The van der Waals surface area contributed by atoms with E-state index >= 15 is 0 Å². The van der Waals surface area contributed by atoms with Crippen molar-refractivity contribution in [1.29, 1.82) is 0 Å². The van der Waals surface area contributed by atoms with Crippen LogP contribution in [0.3, 0.4) is 0 Å². The van der Waals surface area contributed by atoms with Crippen molar-refractivity contribution in [3.63, 3.8) is 0 Å². The minimum atomic E-state index is -0.565. The van der Waals surface area contributed by atoms with Crippen LogP contribution in [-0.2, 0) is 14.3 Å². The number of Topliss-reactive ketones (excluding diaryl/α,β-unsaturated/α-hetero) is 1. The van der Waals surface area contributed by atoms with Crippen LogP contribution >= 0.6 is 0 Å². The molecule has 0 aromatic heterocycles. The Bertz CT molecular complexity index is 206. The molecular formula is C10H16O3. The van der Waals surface area contributed by atoms with Crippen molar-refractivity contribution in [3.8, 4) is 0 Å². The van der Waals surface area contributed by atoms with E-state index in [9.17, 15) is 9.59 Å². The minimum Gasteiger partial charge on any atom is -0.465 e. The van der Waals surface area contributed by atoms with Gasteiger partial charge in [0.1, 0.15) is 11.7 Å². The Kier molecular flexibility index (Phi) is 3.46. The Morgan fingerprint density at radius 2 is 2.08 bits per heavy atom. The molecule has 0 amide bonds. The van der Waals surface area contributed by atoms with Crippen LogP contribution < -0.4 is 0 Å². The van der Waals surface area contributed by atoms with Gasteiger partial charge < -0.3 is 4.74 Å². The third-order valence-electron chi connectivity index (χ3n) is 2.57. The zero-order valence-corrected chi connectivity index (χ0v) is 8.21.